The van der Waals surface area contributed by atoms with Gasteiger partial charge < -0.3 is 4.74 Å². The van der Waals surface area contributed by atoms with Crippen molar-refractivity contribution in [2.45, 2.75) is 45.2 Å². The van der Waals surface area contributed by atoms with E-state index in [0.29, 0.717) is 12.6 Å². The Hall–Kier alpha value is -0.870. The second-order valence-corrected chi connectivity index (χ2v) is 5.39. The van der Waals surface area contributed by atoms with Gasteiger partial charge in [-0.25, -0.2) is 0 Å². The van der Waals surface area contributed by atoms with Gasteiger partial charge in [-0.05, 0) is 50.1 Å². The molecule has 1 N–H and O–H groups in total. The van der Waals surface area contributed by atoms with Gasteiger partial charge in [0.15, 0.2) is 0 Å². The standard InChI is InChI=1S/C13H19NO2S/c1-3-16-13(15)9(2)14-11-5-4-6-12-10(11)7-8-17-12/h7-9,11,14H,3-6H2,1-2H3. The number of ether oxygens (including phenoxy) is 1. The summed E-state index contributed by atoms with van der Waals surface area (Å²) in [7, 11) is 0. The zero-order valence-electron chi connectivity index (χ0n) is 10.4. The van der Waals surface area contributed by atoms with E-state index < -0.39 is 0 Å². The van der Waals surface area contributed by atoms with Crippen molar-refractivity contribution in [1.82, 2.24) is 5.32 Å². The van der Waals surface area contributed by atoms with Crippen LogP contribution >= 0.6 is 11.3 Å². The molecule has 2 unspecified atom stereocenters. The van der Waals surface area contributed by atoms with Crippen molar-refractivity contribution in [3.05, 3.63) is 21.9 Å². The van der Waals surface area contributed by atoms with Crippen LogP contribution in [0.2, 0.25) is 0 Å². The molecule has 2 atom stereocenters. The fourth-order valence-corrected chi connectivity index (χ4v) is 3.28. The number of fused-ring (bicyclic) bond motifs is 1. The van der Waals surface area contributed by atoms with E-state index in [1.807, 2.05) is 25.2 Å². The molecule has 0 radical (unpaired) electrons. The van der Waals surface area contributed by atoms with E-state index in [1.165, 1.54) is 23.3 Å². The molecule has 17 heavy (non-hydrogen) atoms. The van der Waals surface area contributed by atoms with Crippen molar-refractivity contribution in [1.29, 1.82) is 0 Å². The lowest BCUT2D eigenvalue weighted by Crippen LogP contribution is -2.38. The molecule has 0 saturated heterocycles. The average molecular weight is 253 g/mol. The molecule has 3 nitrogen and oxygen atoms in total. The first-order chi connectivity index (χ1) is 8.22. The molecule has 0 aromatic carbocycles. The minimum absolute atomic E-state index is 0.158. The third kappa shape index (κ3) is 2.87. The van der Waals surface area contributed by atoms with Gasteiger partial charge in [0.25, 0.3) is 0 Å². The van der Waals surface area contributed by atoms with Gasteiger partial charge in [-0.2, -0.15) is 0 Å². The zero-order chi connectivity index (χ0) is 12.3. The van der Waals surface area contributed by atoms with Crippen molar-refractivity contribution in [2.75, 3.05) is 6.61 Å². The molecule has 0 aliphatic heterocycles. The van der Waals surface area contributed by atoms with Crippen LogP contribution in [0.4, 0.5) is 0 Å². The first-order valence-electron chi connectivity index (χ1n) is 6.21. The minimum atomic E-state index is -0.231. The summed E-state index contributed by atoms with van der Waals surface area (Å²) in [5.41, 5.74) is 1.37. The molecule has 2 rings (SSSR count). The van der Waals surface area contributed by atoms with E-state index in [1.54, 1.807) is 0 Å². The van der Waals surface area contributed by atoms with Gasteiger partial charge >= 0.3 is 5.97 Å². The fraction of sp³-hybridized carbons (Fsp3) is 0.615. The summed E-state index contributed by atoms with van der Waals surface area (Å²) in [4.78, 5) is 13.0. The van der Waals surface area contributed by atoms with E-state index >= 15 is 0 Å². The lowest BCUT2D eigenvalue weighted by atomic mass is 9.93. The molecular formula is C13H19NO2S. The van der Waals surface area contributed by atoms with Crippen LogP contribution in [-0.2, 0) is 16.0 Å². The lowest BCUT2D eigenvalue weighted by molar-refractivity contribution is -0.145. The molecule has 4 heteroatoms. The predicted molar refractivity (Wildman–Crippen MR) is 69.2 cm³/mol. The molecule has 1 aromatic rings. The van der Waals surface area contributed by atoms with Crippen LogP contribution in [0.1, 0.15) is 43.2 Å². The van der Waals surface area contributed by atoms with Crippen LogP contribution in [0.3, 0.4) is 0 Å². The number of esters is 1. The van der Waals surface area contributed by atoms with E-state index in [4.69, 9.17) is 4.74 Å². The molecule has 0 spiro atoms. The van der Waals surface area contributed by atoms with Gasteiger partial charge in [0.2, 0.25) is 0 Å². The van der Waals surface area contributed by atoms with Crippen LogP contribution in [-0.4, -0.2) is 18.6 Å². The first kappa shape index (κ1) is 12.6. The summed E-state index contributed by atoms with van der Waals surface area (Å²) in [6.45, 7) is 4.15. The van der Waals surface area contributed by atoms with Crippen LogP contribution in [0.25, 0.3) is 0 Å². The smallest absolute Gasteiger partial charge is 0.322 e. The molecule has 0 amide bonds. The second-order valence-electron chi connectivity index (χ2n) is 4.38. The Labute approximate surface area is 106 Å². The molecule has 1 aromatic heterocycles. The van der Waals surface area contributed by atoms with E-state index in [2.05, 4.69) is 16.8 Å². The third-order valence-corrected chi connectivity index (χ3v) is 4.14. The number of aryl methyl sites for hydroxylation is 1. The molecule has 0 saturated carbocycles. The highest BCUT2D eigenvalue weighted by atomic mass is 32.1. The second kappa shape index (κ2) is 5.65. The van der Waals surface area contributed by atoms with Crippen molar-refractivity contribution in [3.8, 4) is 0 Å². The Morgan fingerprint density at radius 3 is 3.29 bits per heavy atom. The topological polar surface area (TPSA) is 38.3 Å². The van der Waals surface area contributed by atoms with Crippen molar-refractivity contribution < 1.29 is 9.53 Å². The summed E-state index contributed by atoms with van der Waals surface area (Å²) in [5, 5.41) is 5.52. The summed E-state index contributed by atoms with van der Waals surface area (Å²) >= 11 is 1.82. The highest BCUT2D eigenvalue weighted by Crippen LogP contribution is 2.33. The Morgan fingerprint density at radius 1 is 1.71 bits per heavy atom. The van der Waals surface area contributed by atoms with Gasteiger partial charge in [0.1, 0.15) is 6.04 Å². The molecule has 0 bridgehead atoms. The SMILES string of the molecule is CCOC(=O)C(C)NC1CCCc2sccc21. The van der Waals surface area contributed by atoms with Gasteiger partial charge in [-0.15, -0.1) is 11.3 Å². The Morgan fingerprint density at radius 2 is 2.53 bits per heavy atom. The number of thiophene rings is 1. The molecule has 94 valence electrons. The van der Waals surface area contributed by atoms with Crippen molar-refractivity contribution in [3.63, 3.8) is 0 Å². The first-order valence-corrected chi connectivity index (χ1v) is 7.09. The lowest BCUT2D eigenvalue weighted by Gasteiger charge is -2.26. The maximum Gasteiger partial charge on any atom is 0.322 e. The predicted octanol–water partition coefficient (Wildman–Crippen LogP) is 2.67. The highest BCUT2D eigenvalue weighted by molar-refractivity contribution is 7.10. The van der Waals surface area contributed by atoms with E-state index in [0.717, 1.165) is 6.42 Å². The number of hydrogen-bond acceptors (Lipinski definition) is 4. The maximum atomic E-state index is 11.6. The summed E-state index contributed by atoms with van der Waals surface area (Å²) in [6.07, 6.45) is 3.48. The van der Waals surface area contributed by atoms with Gasteiger partial charge in [-0.1, -0.05) is 0 Å². The largest absolute Gasteiger partial charge is 0.465 e. The van der Waals surface area contributed by atoms with Crippen LogP contribution in [0.15, 0.2) is 11.4 Å². The van der Waals surface area contributed by atoms with E-state index in [9.17, 15) is 4.79 Å². The van der Waals surface area contributed by atoms with Crippen molar-refractivity contribution >= 4 is 17.3 Å². The number of carbonyl (C=O) groups excluding carboxylic acids is 1. The molecule has 1 heterocycles. The number of nitrogens with one attached hydrogen (secondary N) is 1. The summed E-state index contributed by atoms with van der Waals surface area (Å²) in [5.74, 6) is -0.158. The maximum absolute atomic E-state index is 11.6. The van der Waals surface area contributed by atoms with Gasteiger partial charge in [0, 0.05) is 10.9 Å². The van der Waals surface area contributed by atoms with E-state index in [-0.39, 0.29) is 12.0 Å². The number of carbonyl (C=O) groups is 1. The molecular weight excluding hydrogens is 234 g/mol. The zero-order valence-corrected chi connectivity index (χ0v) is 11.2. The third-order valence-electron chi connectivity index (χ3n) is 3.14. The average Bonchev–Trinajstić information content (AvgIpc) is 2.78. The fourth-order valence-electron chi connectivity index (χ4n) is 2.30. The van der Waals surface area contributed by atoms with Crippen molar-refractivity contribution in [2.24, 2.45) is 0 Å². The molecule has 1 aliphatic rings. The quantitative estimate of drug-likeness (QED) is 0.838. The van der Waals surface area contributed by atoms with Crippen LogP contribution < -0.4 is 5.32 Å². The summed E-state index contributed by atoms with van der Waals surface area (Å²) in [6, 6.07) is 2.25. The number of rotatable bonds is 4. The Bertz CT molecular complexity index is 389. The monoisotopic (exact) mass is 253 g/mol. The van der Waals surface area contributed by atoms with Crippen LogP contribution in [0.5, 0.6) is 0 Å². The number of hydrogen-bond donors (Lipinski definition) is 1. The molecule has 1 aliphatic carbocycles. The van der Waals surface area contributed by atoms with Gasteiger partial charge in [0.05, 0.1) is 6.61 Å². The Balaban J connectivity index is 1.99. The minimum Gasteiger partial charge on any atom is -0.465 e. The van der Waals surface area contributed by atoms with Gasteiger partial charge in [-0.3, -0.25) is 10.1 Å². The Kier molecular flexibility index (Phi) is 4.18. The summed E-state index contributed by atoms with van der Waals surface area (Å²) < 4.78 is 5.02. The molecule has 0 fully saturated rings. The highest BCUT2D eigenvalue weighted by Gasteiger charge is 2.24. The normalized spacial score (nSPS) is 20.7. The van der Waals surface area contributed by atoms with Crippen LogP contribution in [0, 0.1) is 0 Å².